The summed E-state index contributed by atoms with van der Waals surface area (Å²) < 4.78 is 65.9. The van der Waals surface area contributed by atoms with Crippen molar-refractivity contribution in [1.29, 1.82) is 0 Å². The van der Waals surface area contributed by atoms with E-state index < -0.39 is 24.3 Å². The van der Waals surface area contributed by atoms with E-state index in [-0.39, 0.29) is 5.41 Å². The molecule has 4 heterocycles. The van der Waals surface area contributed by atoms with E-state index in [4.69, 9.17) is 24.8 Å². The number of carboxylic acid groups (broad SMARTS) is 2. The van der Waals surface area contributed by atoms with E-state index in [2.05, 4.69) is 52.2 Å². The van der Waals surface area contributed by atoms with Gasteiger partial charge in [0.15, 0.2) is 0 Å². The third-order valence-electron chi connectivity index (χ3n) is 6.24. The number of alkyl halides is 6. The lowest BCUT2D eigenvalue weighted by molar-refractivity contribution is -0.193. The Morgan fingerprint density at radius 1 is 0.974 bits per heavy atom. The van der Waals surface area contributed by atoms with Crippen LogP contribution in [-0.2, 0) is 21.5 Å². The number of imidazole rings is 1. The molecule has 2 aromatic heterocycles. The number of fused-ring (bicyclic) bond motifs is 2. The summed E-state index contributed by atoms with van der Waals surface area (Å²) in [6.07, 6.45) is -4.30. The summed E-state index contributed by atoms with van der Waals surface area (Å²) in [5, 5.41) is 14.2. The van der Waals surface area contributed by atoms with Gasteiger partial charge in [-0.3, -0.25) is 4.90 Å². The number of halogens is 6. The van der Waals surface area contributed by atoms with Gasteiger partial charge < -0.3 is 19.7 Å². The normalized spacial score (nSPS) is 17.1. The Morgan fingerprint density at radius 3 is 1.85 bits per heavy atom. The van der Waals surface area contributed by atoms with E-state index in [1.807, 2.05) is 18.5 Å². The molecule has 10 nitrogen and oxygen atoms in total. The Kier molecular flexibility index (Phi) is 9.92. The molecule has 4 rings (SSSR count). The zero-order valence-electron chi connectivity index (χ0n) is 21.7. The molecule has 0 amide bonds. The third-order valence-corrected chi connectivity index (χ3v) is 6.24. The molecule has 0 radical (unpaired) electrons. The monoisotopic (exact) mass is 568 g/mol. The molecule has 1 saturated heterocycles. The summed E-state index contributed by atoms with van der Waals surface area (Å²) in [5.74, 6) is -3.51. The minimum Gasteiger partial charge on any atom is -0.475 e. The Hall–Kier alpha value is -3.43. The van der Waals surface area contributed by atoms with Gasteiger partial charge >= 0.3 is 24.3 Å². The van der Waals surface area contributed by atoms with Gasteiger partial charge in [0.2, 0.25) is 5.95 Å². The fourth-order valence-electron chi connectivity index (χ4n) is 4.74. The molecule has 39 heavy (non-hydrogen) atoms. The predicted octanol–water partition coefficient (Wildman–Crippen LogP) is 3.81. The van der Waals surface area contributed by atoms with Crippen LogP contribution in [0, 0.1) is 6.92 Å². The fourth-order valence-corrected chi connectivity index (χ4v) is 4.74. The van der Waals surface area contributed by atoms with Gasteiger partial charge in [0.05, 0.1) is 11.4 Å². The first-order valence-electron chi connectivity index (χ1n) is 11.8. The molecular formula is C23H30F6N6O4. The summed E-state index contributed by atoms with van der Waals surface area (Å²) in [4.78, 5) is 36.5. The molecule has 2 aromatic rings. The highest BCUT2D eigenvalue weighted by atomic mass is 19.4. The minimum absolute atomic E-state index is 0.165. The van der Waals surface area contributed by atoms with E-state index in [9.17, 15) is 26.3 Å². The third kappa shape index (κ3) is 8.03. The SMILES string of the molecule is Cc1nc2c(n1C(C)C)CN(C)CC21CCN(c2ncccn2)CC1.O=C(O)C(F)(F)F.O=C(O)C(F)(F)F. The van der Waals surface area contributed by atoms with Crippen LogP contribution < -0.4 is 4.90 Å². The number of carbonyl (C=O) groups is 2. The molecule has 0 aromatic carbocycles. The van der Waals surface area contributed by atoms with Crippen molar-refractivity contribution in [2.45, 2.75) is 64.0 Å². The highest BCUT2D eigenvalue weighted by Gasteiger charge is 2.45. The van der Waals surface area contributed by atoms with Gasteiger partial charge in [0.1, 0.15) is 5.82 Å². The molecule has 1 spiro atoms. The summed E-state index contributed by atoms with van der Waals surface area (Å²) in [5.41, 5.74) is 2.94. The second-order valence-electron chi connectivity index (χ2n) is 9.51. The first kappa shape index (κ1) is 31.8. The van der Waals surface area contributed by atoms with Crippen LogP contribution in [0.5, 0.6) is 0 Å². The lowest BCUT2D eigenvalue weighted by Crippen LogP contribution is -2.51. The van der Waals surface area contributed by atoms with Crippen LogP contribution in [0.3, 0.4) is 0 Å². The second-order valence-corrected chi connectivity index (χ2v) is 9.51. The summed E-state index contributed by atoms with van der Waals surface area (Å²) in [7, 11) is 2.24. The number of hydrogen-bond donors (Lipinski definition) is 2. The van der Waals surface area contributed by atoms with Crippen molar-refractivity contribution >= 4 is 17.9 Å². The van der Waals surface area contributed by atoms with Gasteiger partial charge in [0.25, 0.3) is 0 Å². The maximum Gasteiger partial charge on any atom is 0.490 e. The standard InChI is InChI=1S/C19H28N6.2C2HF3O2/c1-14(2)25-15(3)22-17-16(25)12-23(4)13-19(17)6-10-24(11-7-19)18-20-8-5-9-21-18;2*3-2(4,5)1(6)7/h5,8-9,14H,6-7,10-13H2,1-4H3;2*(H,6,7). The van der Waals surface area contributed by atoms with Crippen molar-refractivity contribution < 1.29 is 46.1 Å². The highest BCUT2D eigenvalue weighted by Crippen LogP contribution is 2.42. The first-order valence-corrected chi connectivity index (χ1v) is 11.8. The van der Waals surface area contributed by atoms with Gasteiger partial charge in [-0.2, -0.15) is 26.3 Å². The zero-order chi connectivity index (χ0) is 29.8. The van der Waals surface area contributed by atoms with Gasteiger partial charge in [0, 0.05) is 50.0 Å². The quantitative estimate of drug-likeness (QED) is 0.521. The summed E-state index contributed by atoms with van der Waals surface area (Å²) in [6, 6.07) is 2.33. The van der Waals surface area contributed by atoms with Crippen molar-refractivity contribution in [3.8, 4) is 0 Å². The average Bonchev–Trinajstić information content (AvgIpc) is 3.16. The van der Waals surface area contributed by atoms with Crippen molar-refractivity contribution in [3.05, 3.63) is 35.7 Å². The van der Waals surface area contributed by atoms with E-state index >= 15 is 0 Å². The van der Waals surface area contributed by atoms with E-state index in [0.717, 1.165) is 50.8 Å². The molecule has 1 fully saturated rings. The number of hydrogen-bond acceptors (Lipinski definition) is 7. The van der Waals surface area contributed by atoms with E-state index in [0.29, 0.717) is 6.04 Å². The Balaban J connectivity index is 0.000000317. The number of anilines is 1. The molecule has 2 aliphatic rings. The lowest BCUT2D eigenvalue weighted by atomic mass is 9.72. The number of aromatic nitrogens is 4. The van der Waals surface area contributed by atoms with Crippen LogP contribution in [0.1, 0.15) is 49.9 Å². The molecule has 2 N–H and O–H groups in total. The number of piperidine rings is 1. The van der Waals surface area contributed by atoms with E-state index in [1.165, 1.54) is 11.4 Å². The molecule has 16 heteroatoms. The second kappa shape index (κ2) is 12.2. The van der Waals surface area contributed by atoms with Gasteiger partial charge in [-0.15, -0.1) is 0 Å². The van der Waals surface area contributed by atoms with Crippen molar-refractivity contribution in [3.63, 3.8) is 0 Å². The first-order chi connectivity index (χ1) is 17.9. The summed E-state index contributed by atoms with van der Waals surface area (Å²) >= 11 is 0. The van der Waals surface area contributed by atoms with Crippen LogP contribution in [0.15, 0.2) is 18.5 Å². The topological polar surface area (TPSA) is 125 Å². The predicted molar refractivity (Wildman–Crippen MR) is 126 cm³/mol. The molecule has 0 unspecified atom stereocenters. The maximum atomic E-state index is 10.6. The molecule has 0 saturated carbocycles. The van der Waals surface area contributed by atoms with Crippen LogP contribution in [-0.4, -0.2) is 85.6 Å². The number of aryl methyl sites for hydroxylation is 1. The fraction of sp³-hybridized carbons (Fsp3) is 0.609. The molecule has 2 aliphatic heterocycles. The number of nitrogens with zero attached hydrogens (tertiary/aromatic N) is 6. The smallest absolute Gasteiger partial charge is 0.475 e. The molecule has 0 bridgehead atoms. The number of aliphatic carboxylic acids is 2. The Labute approximate surface area is 220 Å². The number of carboxylic acids is 2. The zero-order valence-corrected chi connectivity index (χ0v) is 21.7. The molecule has 0 aliphatic carbocycles. The van der Waals surface area contributed by atoms with Crippen LogP contribution >= 0.6 is 0 Å². The number of rotatable bonds is 2. The highest BCUT2D eigenvalue weighted by molar-refractivity contribution is 5.73. The van der Waals surface area contributed by atoms with Crippen molar-refractivity contribution in [1.82, 2.24) is 24.4 Å². The van der Waals surface area contributed by atoms with E-state index in [1.54, 1.807) is 0 Å². The van der Waals surface area contributed by atoms with Crippen molar-refractivity contribution in [2.24, 2.45) is 0 Å². The molecule has 0 atom stereocenters. The Bertz CT molecular complexity index is 1100. The lowest BCUT2D eigenvalue weighted by Gasteiger charge is -2.46. The molecular weight excluding hydrogens is 538 g/mol. The van der Waals surface area contributed by atoms with Gasteiger partial charge in [-0.05, 0) is 46.7 Å². The molecule has 218 valence electrons. The average molecular weight is 569 g/mol. The minimum atomic E-state index is -5.08. The Morgan fingerprint density at radius 2 is 1.44 bits per heavy atom. The van der Waals surface area contributed by atoms with Crippen LogP contribution in [0.4, 0.5) is 32.3 Å². The maximum absolute atomic E-state index is 10.6. The largest absolute Gasteiger partial charge is 0.490 e. The van der Waals surface area contributed by atoms with Crippen LogP contribution in [0.2, 0.25) is 0 Å². The summed E-state index contributed by atoms with van der Waals surface area (Å²) in [6.45, 7) is 10.7. The van der Waals surface area contributed by atoms with Crippen molar-refractivity contribution in [2.75, 3.05) is 31.6 Å². The van der Waals surface area contributed by atoms with Gasteiger partial charge in [-0.1, -0.05) is 0 Å². The van der Waals surface area contributed by atoms with Gasteiger partial charge in [-0.25, -0.2) is 24.5 Å². The number of likely N-dealkylation sites (N-methyl/N-ethyl adjacent to an activating group) is 1. The van der Waals surface area contributed by atoms with Crippen LogP contribution in [0.25, 0.3) is 0 Å².